The molecule has 164 valence electrons. The molecule has 0 radical (unpaired) electrons. The number of aliphatic carboxylic acids is 1. The second-order valence-corrected chi connectivity index (χ2v) is 8.64. The lowest BCUT2D eigenvalue weighted by Crippen LogP contribution is -2.62. The van der Waals surface area contributed by atoms with Gasteiger partial charge in [-0.25, -0.2) is 14.6 Å². The molecule has 30 heavy (non-hydrogen) atoms. The van der Waals surface area contributed by atoms with Gasteiger partial charge < -0.3 is 25.3 Å². The van der Waals surface area contributed by atoms with Crippen molar-refractivity contribution in [3.8, 4) is 0 Å². The van der Waals surface area contributed by atoms with Crippen LogP contribution in [0.25, 0.3) is 0 Å². The summed E-state index contributed by atoms with van der Waals surface area (Å²) in [5.74, 6) is -2.44. The number of carbonyl (C=O) groups is 4. The van der Waals surface area contributed by atoms with Crippen LogP contribution in [0.3, 0.4) is 0 Å². The normalized spacial score (nSPS) is 16.8. The number of carboxylic acid groups (broad SMARTS) is 1. The quantitative estimate of drug-likeness (QED) is 0.272. The second kappa shape index (κ2) is 8.65. The number of β-lactam (4-membered cyclic amide) rings is 1. The number of carboxylic acids is 1. The SMILES string of the molecule is CC(C)(C)OC(=O)Nc1nc(C(=NOC(C)(C)C(=O)O)C(=O)NC2CNC2=O)cs1. The zero-order valence-electron chi connectivity index (χ0n) is 17.1. The number of thiazole rings is 1. The largest absolute Gasteiger partial charge is 0.478 e. The Labute approximate surface area is 176 Å². The minimum absolute atomic E-state index is 0.0180. The zero-order valence-corrected chi connectivity index (χ0v) is 17.9. The van der Waals surface area contributed by atoms with E-state index in [0.29, 0.717) is 0 Å². The number of oxime groups is 1. The summed E-state index contributed by atoms with van der Waals surface area (Å²) >= 11 is 0.993. The number of carbonyl (C=O) groups excluding carboxylic acids is 3. The van der Waals surface area contributed by atoms with Crippen LogP contribution in [0.2, 0.25) is 0 Å². The molecule has 0 bridgehead atoms. The number of nitrogens with one attached hydrogen (secondary N) is 3. The van der Waals surface area contributed by atoms with Gasteiger partial charge in [0.05, 0.1) is 0 Å². The first kappa shape index (κ1) is 23.1. The smallest absolute Gasteiger partial charge is 0.413 e. The van der Waals surface area contributed by atoms with Crippen LogP contribution in [0.15, 0.2) is 10.5 Å². The summed E-state index contributed by atoms with van der Waals surface area (Å²) in [6.07, 6.45) is -0.735. The van der Waals surface area contributed by atoms with Gasteiger partial charge in [0.1, 0.15) is 17.3 Å². The number of amides is 3. The Morgan fingerprint density at radius 3 is 2.47 bits per heavy atom. The van der Waals surface area contributed by atoms with Gasteiger partial charge in [0.25, 0.3) is 5.91 Å². The first-order valence-electron chi connectivity index (χ1n) is 8.82. The van der Waals surface area contributed by atoms with Gasteiger partial charge in [-0.15, -0.1) is 11.3 Å². The molecule has 1 atom stereocenters. The topological polar surface area (TPSA) is 168 Å². The molecule has 1 aliphatic rings. The fourth-order valence-corrected chi connectivity index (χ4v) is 2.55. The molecule has 0 spiro atoms. The highest BCUT2D eigenvalue weighted by Gasteiger charge is 2.34. The van der Waals surface area contributed by atoms with Gasteiger partial charge >= 0.3 is 12.1 Å². The molecule has 0 aliphatic carbocycles. The summed E-state index contributed by atoms with van der Waals surface area (Å²) in [5.41, 5.74) is -2.76. The lowest BCUT2D eigenvalue weighted by molar-refractivity contribution is -0.161. The lowest BCUT2D eigenvalue weighted by atomic mass is 10.1. The number of rotatable bonds is 7. The molecule has 0 saturated carbocycles. The molecular formula is C17H23N5O7S. The predicted octanol–water partition coefficient (Wildman–Crippen LogP) is 0.689. The Morgan fingerprint density at radius 1 is 1.30 bits per heavy atom. The van der Waals surface area contributed by atoms with Crippen molar-refractivity contribution >= 4 is 46.1 Å². The molecule has 1 fully saturated rings. The molecule has 0 aromatic carbocycles. The summed E-state index contributed by atoms with van der Waals surface area (Å²) in [7, 11) is 0. The summed E-state index contributed by atoms with van der Waals surface area (Å²) in [6.45, 7) is 7.86. The van der Waals surface area contributed by atoms with Gasteiger partial charge in [0.2, 0.25) is 11.5 Å². The van der Waals surface area contributed by atoms with E-state index in [1.165, 1.54) is 19.2 Å². The van der Waals surface area contributed by atoms with Crippen molar-refractivity contribution in [2.45, 2.75) is 51.9 Å². The fraction of sp³-hybridized carbons (Fsp3) is 0.529. The van der Waals surface area contributed by atoms with Crippen LogP contribution in [0, 0.1) is 0 Å². The number of ether oxygens (including phenoxy) is 1. The highest BCUT2D eigenvalue weighted by molar-refractivity contribution is 7.14. The third kappa shape index (κ3) is 6.14. The summed E-state index contributed by atoms with van der Waals surface area (Å²) < 4.78 is 5.14. The molecule has 4 N–H and O–H groups in total. The first-order valence-corrected chi connectivity index (χ1v) is 9.70. The summed E-state index contributed by atoms with van der Waals surface area (Å²) in [5, 5.41) is 21.7. The Kier molecular flexibility index (Phi) is 6.65. The van der Waals surface area contributed by atoms with E-state index in [2.05, 4.69) is 26.1 Å². The lowest BCUT2D eigenvalue weighted by Gasteiger charge is -2.26. The highest BCUT2D eigenvalue weighted by atomic mass is 32.1. The van der Waals surface area contributed by atoms with E-state index in [4.69, 9.17) is 14.7 Å². The van der Waals surface area contributed by atoms with E-state index >= 15 is 0 Å². The predicted molar refractivity (Wildman–Crippen MR) is 106 cm³/mol. The van der Waals surface area contributed by atoms with Crippen LogP contribution in [0.5, 0.6) is 0 Å². The Balaban J connectivity index is 2.22. The third-order valence-electron chi connectivity index (χ3n) is 3.55. The molecule has 1 saturated heterocycles. The van der Waals surface area contributed by atoms with Crippen LogP contribution < -0.4 is 16.0 Å². The standard InChI is InChI=1S/C17H23N5O7S/c1-16(2,3)28-15(27)21-14-20-9(7-30-14)10(22-29-17(4,5)13(25)26)12(24)19-8-6-18-11(8)23/h7-8H,6H2,1-5H3,(H,18,23)(H,19,24)(H,25,26)(H,20,21,27). The number of nitrogens with zero attached hydrogens (tertiary/aromatic N) is 2. The maximum atomic E-state index is 12.6. The van der Waals surface area contributed by atoms with Crippen molar-refractivity contribution in [1.29, 1.82) is 0 Å². The molecule has 1 aliphatic heterocycles. The Bertz CT molecular complexity index is 887. The van der Waals surface area contributed by atoms with Gasteiger partial charge in [-0.3, -0.25) is 14.9 Å². The van der Waals surface area contributed by atoms with E-state index in [1.807, 2.05) is 0 Å². The molecule has 13 heteroatoms. The average Bonchev–Trinajstić information content (AvgIpc) is 3.04. The van der Waals surface area contributed by atoms with Crippen LogP contribution in [0.1, 0.15) is 40.3 Å². The molecular weight excluding hydrogens is 418 g/mol. The first-order chi connectivity index (χ1) is 13.8. The van der Waals surface area contributed by atoms with Crippen molar-refractivity contribution in [3.05, 3.63) is 11.1 Å². The van der Waals surface area contributed by atoms with Crippen molar-refractivity contribution in [1.82, 2.24) is 15.6 Å². The summed E-state index contributed by atoms with van der Waals surface area (Å²) in [6, 6.07) is -0.742. The number of anilines is 1. The molecule has 2 rings (SSSR count). The van der Waals surface area contributed by atoms with E-state index in [-0.39, 0.29) is 29.0 Å². The summed E-state index contributed by atoms with van der Waals surface area (Å²) in [4.78, 5) is 56.3. The Morgan fingerprint density at radius 2 is 1.97 bits per heavy atom. The van der Waals surface area contributed by atoms with Crippen LogP contribution in [-0.4, -0.2) is 63.5 Å². The number of aromatic nitrogens is 1. The van der Waals surface area contributed by atoms with Crippen LogP contribution in [0.4, 0.5) is 9.93 Å². The van der Waals surface area contributed by atoms with Gasteiger partial charge in [0.15, 0.2) is 10.8 Å². The van der Waals surface area contributed by atoms with E-state index in [0.717, 1.165) is 11.3 Å². The average molecular weight is 441 g/mol. The number of hydrogen-bond donors (Lipinski definition) is 4. The maximum Gasteiger partial charge on any atom is 0.413 e. The van der Waals surface area contributed by atoms with Crippen molar-refractivity contribution in [2.75, 3.05) is 11.9 Å². The molecule has 3 amide bonds. The zero-order chi connectivity index (χ0) is 22.7. The highest BCUT2D eigenvalue weighted by Crippen LogP contribution is 2.19. The second-order valence-electron chi connectivity index (χ2n) is 7.78. The maximum absolute atomic E-state index is 12.6. The number of hydrogen-bond acceptors (Lipinski definition) is 9. The van der Waals surface area contributed by atoms with Gasteiger partial charge in [-0.2, -0.15) is 0 Å². The van der Waals surface area contributed by atoms with Gasteiger partial charge in [-0.1, -0.05) is 5.16 Å². The molecule has 1 aromatic rings. The van der Waals surface area contributed by atoms with Crippen molar-refractivity contribution < 1.29 is 33.9 Å². The van der Waals surface area contributed by atoms with Crippen molar-refractivity contribution in [2.24, 2.45) is 5.16 Å². The van der Waals surface area contributed by atoms with E-state index in [9.17, 15) is 19.2 Å². The van der Waals surface area contributed by atoms with E-state index in [1.54, 1.807) is 20.8 Å². The van der Waals surface area contributed by atoms with Crippen LogP contribution >= 0.6 is 11.3 Å². The minimum atomic E-state index is -1.72. The molecule has 2 heterocycles. The van der Waals surface area contributed by atoms with Crippen molar-refractivity contribution in [3.63, 3.8) is 0 Å². The Hall–Kier alpha value is -3.22. The fourth-order valence-electron chi connectivity index (χ4n) is 1.86. The third-order valence-corrected chi connectivity index (χ3v) is 4.31. The molecule has 1 aromatic heterocycles. The minimum Gasteiger partial charge on any atom is -0.478 e. The molecule has 12 nitrogen and oxygen atoms in total. The molecule has 1 unspecified atom stereocenters. The van der Waals surface area contributed by atoms with Gasteiger partial charge in [-0.05, 0) is 34.6 Å². The van der Waals surface area contributed by atoms with Crippen LogP contribution in [-0.2, 0) is 24.0 Å². The monoisotopic (exact) mass is 441 g/mol. The van der Waals surface area contributed by atoms with Gasteiger partial charge in [0, 0.05) is 11.9 Å². The van der Waals surface area contributed by atoms with E-state index < -0.39 is 35.2 Å².